The predicted molar refractivity (Wildman–Crippen MR) is 70.2 cm³/mol. The van der Waals surface area contributed by atoms with E-state index in [9.17, 15) is 9.36 Å². The minimum Gasteiger partial charge on any atom is -0.419 e. The van der Waals surface area contributed by atoms with E-state index in [0.29, 0.717) is 13.2 Å². The molecule has 0 saturated carbocycles. The van der Waals surface area contributed by atoms with E-state index in [0.717, 1.165) is 25.7 Å². The Bertz CT molecular complexity index is 300. The van der Waals surface area contributed by atoms with Crippen molar-refractivity contribution in [3.63, 3.8) is 0 Å². The van der Waals surface area contributed by atoms with Crippen LogP contribution in [0.25, 0.3) is 0 Å². The standard InChI is InChI=1S/C12H23O5P/c1-5-7-9-15-18(14,16-10-8-6-2)12(4)17-11(3)13/h4-10H2,1-3H3. The first-order valence-electron chi connectivity index (χ1n) is 6.23. The summed E-state index contributed by atoms with van der Waals surface area (Å²) in [6.45, 7) is 9.25. The molecule has 0 aromatic rings. The highest BCUT2D eigenvalue weighted by Gasteiger charge is 2.31. The van der Waals surface area contributed by atoms with Gasteiger partial charge in [0.15, 0.2) is 0 Å². The number of carbonyl (C=O) groups is 1. The van der Waals surface area contributed by atoms with Crippen LogP contribution in [-0.4, -0.2) is 19.2 Å². The van der Waals surface area contributed by atoms with Gasteiger partial charge >= 0.3 is 13.6 Å². The fourth-order valence-corrected chi connectivity index (χ4v) is 2.40. The molecule has 0 rings (SSSR count). The molecule has 5 nitrogen and oxygen atoms in total. The Kier molecular flexibility index (Phi) is 8.98. The summed E-state index contributed by atoms with van der Waals surface area (Å²) in [5.41, 5.74) is -0.234. The van der Waals surface area contributed by atoms with Crippen molar-refractivity contribution in [3.8, 4) is 0 Å². The summed E-state index contributed by atoms with van der Waals surface area (Å²) >= 11 is 0. The van der Waals surface area contributed by atoms with Crippen molar-refractivity contribution in [1.29, 1.82) is 0 Å². The number of ether oxygens (including phenoxy) is 1. The van der Waals surface area contributed by atoms with Crippen LogP contribution in [0.15, 0.2) is 12.1 Å². The second kappa shape index (κ2) is 9.31. The first-order chi connectivity index (χ1) is 8.46. The molecule has 0 spiro atoms. The lowest BCUT2D eigenvalue weighted by Gasteiger charge is -2.19. The van der Waals surface area contributed by atoms with E-state index in [4.69, 9.17) is 13.8 Å². The highest BCUT2D eigenvalue weighted by atomic mass is 31.2. The maximum atomic E-state index is 12.4. The summed E-state index contributed by atoms with van der Waals surface area (Å²) < 4.78 is 27.6. The number of carbonyl (C=O) groups excluding carboxylic acids is 1. The minimum absolute atomic E-state index is 0.234. The molecule has 18 heavy (non-hydrogen) atoms. The van der Waals surface area contributed by atoms with Gasteiger partial charge in [0.2, 0.25) is 5.50 Å². The van der Waals surface area contributed by atoms with E-state index < -0.39 is 13.6 Å². The van der Waals surface area contributed by atoms with E-state index >= 15 is 0 Å². The lowest BCUT2D eigenvalue weighted by Crippen LogP contribution is -2.06. The normalized spacial score (nSPS) is 11.3. The van der Waals surface area contributed by atoms with Gasteiger partial charge in [-0.25, -0.2) is 0 Å². The maximum absolute atomic E-state index is 12.4. The summed E-state index contributed by atoms with van der Waals surface area (Å²) in [6.07, 6.45) is 3.34. The Morgan fingerprint density at radius 1 is 1.11 bits per heavy atom. The molecule has 106 valence electrons. The molecule has 0 atom stereocenters. The van der Waals surface area contributed by atoms with E-state index in [1.54, 1.807) is 0 Å². The molecule has 0 saturated heterocycles. The van der Waals surface area contributed by atoms with Crippen LogP contribution in [0.3, 0.4) is 0 Å². The second-order valence-corrected chi connectivity index (χ2v) is 5.87. The van der Waals surface area contributed by atoms with Crippen molar-refractivity contribution >= 4 is 13.6 Å². The Labute approximate surface area is 109 Å². The van der Waals surface area contributed by atoms with Crippen molar-refractivity contribution in [2.45, 2.75) is 46.5 Å². The van der Waals surface area contributed by atoms with Gasteiger partial charge in [0, 0.05) is 6.92 Å². The van der Waals surface area contributed by atoms with Crippen LogP contribution < -0.4 is 0 Å². The smallest absolute Gasteiger partial charge is 0.395 e. The van der Waals surface area contributed by atoms with Crippen LogP contribution in [0, 0.1) is 0 Å². The molecule has 0 aliphatic rings. The van der Waals surface area contributed by atoms with Crippen molar-refractivity contribution in [3.05, 3.63) is 12.1 Å². The number of unbranched alkanes of at least 4 members (excludes halogenated alkanes) is 2. The summed E-state index contributed by atoms with van der Waals surface area (Å²) in [4.78, 5) is 10.8. The van der Waals surface area contributed by atoms with Crippen LogP contribution in [0.2, 0.25) is 0 Å². The van der Waals surface area contributed by atoms with Gasteiger partial charge in [-0.2, -0.15) is 0 Å². The highest BCUT2D eigenvalue weighted by molar-refractivity contribution is 7.58. The zero-order chi connectivity index (χ0) is 14.0. The zero-order valence-corrected chi connectivity index (χ0v) is 12.3. The van der Waals surface area contributed by atoms with Gasteiger partial charge < -0.3 is 13.8 Å². The van der Waals surface area contributed by atoms with E-state index in [1.165, 1.54) is 6.92 Å². The van der Waals surface area contributed by atoms with Crippen LogP contribution in [0.5, 0.6) is 0 Å². The predicted octanol–water partition coefficient (Wildman–Crippen LogP) is 3.85. The van der Waals surface area contributed by atoms with Crippen LogP contribution in [0.4, 0.5) is 0 Å². The second-order valence-electron chi connectivity index (χ2n) is 3.86. The molecule has 0 bridgehead atoms. The molecule has 0 aromatic heterocycles. The molecule has 0 aliphatic carbocycles. The van der Waals surface area contributed by atoms with Crippen molar-refractivity contribution < 1.29 is 23.1 Å². The summed E-state index contributed by atoms with van der Waals surface area (Å²) in [5.74, 6) is -0.585. The van der Waals surface area contributed by atoms with Gasteiger partial charge in [0.1, 0.15) is 0 Å². The molecule has 0 fully saturated rings. The van der Waals surface area contributed by atoms with Gasteiger partial charge in [0.25, 0.3) is 0 Å². The maximum Gasteiger partial charge on any atom is 0.395 e. The fourth-order valence-electron chi connectivity index (χ4n) is 1.06. The lowest BCUT2D eigenvalue weighted by atomic mass is 10.4. The largest absolute Gasteiger partial charge is 0.419 e. The van der Waals surface area contributed by atoms with Crippen molar-refractivity contribution in [1.82, 2.24) is 0 Å². The monoisotopic (exact) mass is 278 g/mol. The van der Waals surface area contributed by atoms with Crippen LogP contribution >= 0.6 is 7.60 Å². The van der Waals surface area contributed by atoms with Crippen LogP contribution in [0.1, 0.15) is 46.5 Å². The van der Waals surface area contributed by atoms with Gasteiger partial charge in [-0.15, -0.1) is 0 Å². The molecule has 0 amide bonds. The Balaban J connectivity index is 4.51. The number of rotatable bonds is 10. The lowest BCUT2D eigenvalue weighted by molar-refractivity contribution is -0.136. The Hall–Kier alpha value is -0.640. The quantitative estimate of drug-likeness (QED) is 0.263. The number of hydrogen-bond acceptors (Lipinski definition) is 5. The summed E-state index contributed by atoms with van der Waals surface area (Å²) in [7, 11) is -3.56. The molecule has 0 aliphatic heterocycles. The third-order valence-corrected chi connectivity index (χ3v) is 3.83. The molecule has 0 unspecified atom stereocenters. The third kappa shape index (κ3) is 6.94. The number of esters is 1. The first-order valence-corrected chi connectivity index (χ1v) is 7.77. The first kappa shape index (κ1) is 17.4. The van der Waals surface area contributed by atoms with Gasteiger partial charge in [-0.05, 0) is 19.4 Å². The van der Waals surface area contributed by atoms with Crippen molar-refractivity contribution in [2.75, 3.05) is 13.2 Å². The van der Waals surface area contributed by atoms with Gasteiger partial charge in [-0.1, -0.05) is 26.7 Å². The third-order valence-electron chi connectivity index (χ3n) is 2.09. The topological polar surface area (TPSA) is 61.8 Å². The van der Waals surface area contributed by atoms with E-state index in [1.807, 2.05) is 13.8 Å². The van der Waals surface area contributed by atoms with Crippen LogP contribution in [-0.2, 0) is 23.1 Å². The molecule has 0 radical (unpaired) electrons. The minimum atomic E-state index is -3.56. The molecular formula is C12H23O5P. The SMILES string of the molecule is C=C(OC(C)=O)P(=O)(OCCCC)OCCCC. The molecule has 0 aromatic carbocycles. The molecule has 6 heteroatoms. The molecule has 0 N–H and O–H groups in total. The van der Waals surface area contributed by atoms with Crippen molar-refractivity contribution in [2.24, 2.45) is 0 Å². The molecule has 0 heterocycles. The zero-order valence-electron chi connectivity index (χ0n) is 11.4. The molecular weight excluding hydrogens is 255 g/mol. The van der Waals surface area contributed by atoms with E-state index in [-0.39, 0.29) is 5.50 Å². The summed E-state index contributed by atoms with van der Waals surface area (Å²) in [6, 6.07) is 0. The Morgan fingerprint density at radius 2 is 1.56 bits per heavy atom. The van der Waals surface area contributed by atoms with E-state index in [2.05, 4.69) is 6.58 Å². The highest BCUT2D eigenvalue weighted by Crippen LogP contribution is 2.56. The average Bonchev–Trinajstić information content (AvgIpc) is 2.29. The fraction of sp³-hybridized carbons (Fsp3) is 0.750. The number of hydrogen-bond donors (Lipinski definition) is 0. The average molecular weight is 278 g/mol. The Morgan fingerprint density at radius 3 is 1.89 bits per heavy atom. The summed E-state index contributed by atoms with van der Waals surface area (Å²) in [5, 5.41) is 0. The van der Waals surface area contributed by atoms with Gasteiger partial charge in [0.05, 0.1) is 13.2 Å². The van der Waals surface area contributed by atoms with Gasteiger partial charge in [-0.3, -0.25) is 9.36 Å².